The monoisotopic (exact) mass is 258 g/mol. The first kappa shape index (κ1) is 11.7. The molecule has 0 spiro atoms. The van der Waals surface area contributed by atoms with Crippen LogP contribution in [0.1, 0.15) is 42.0 Å². The molecule has 0 bridgehead atoms. The molecule has 0 radical (unpaired) electrons. The lowest BCUT2D eigenvalue weighted by atomic mass is 10.1. The fourth-order valence-corrected chi connectivity index (χ4v) is 3.52. The van der Waals surface area contributed by atoms with E-state index in [2.05, 4.69) is 40.8 Å². The summed E-state index contributed by atoms with van der Waals surface area (Å²) in [6.07, 6.45) is 7.53. The largest absolute Gasteiger partial charge is 0.357 e. The van der Waals surface area contributed by atoms with Gasteiger partial charge in [0, 0.05) is 17.6 Å². The summed E-state index contributed by atoms with van der Waals surface area (Å²) in [4.78, 5) is 5.94. The predicted molar refractivity (Wildman–Crippen MR) is 77.1 cm³/mol. The quantitative estimate of drug-likeness (QED) is 0.878. The number of aromatic nitrogens is 1. The van der Waals surface area contributed by atoms with Crippen LogP contribution in [0.25, 0.3) is 0 Å². The van der Waals surface area contributed by atoms with Gasteiger partial charge in [-0.3, -0.25) is 0 Å². The van der Waals surface area contributed by atoms with Crippen molar-refractivity contribution >= 4 is 16.5 Å². The average Bonchev–Trinajstić information content (AvgIpc) is 3.08. The summed E-state index contributed by atoms with van der Waals surface area (Å²) in [5, 5.41) is 4.47. The maximum atomic E-state index is 4.48. The fraction of sp³-hybridized carbons (Fsp3) is 0.400. The van der Waals surface area contributed by atoms with E-state index in [1.54, 1.807) is 0 Å². The van der Waals surface area contributed by atoms with Gasteiger partial charge in [0.2, 0.25) is 0 Å². The number of hydrogen-bond acceptors (Lipinski definition) is 3. The molecule has 0 aliphatic heterocycles. The van der Waals surface area contributed by atoms with E-state index >= 15 is 0 Å². The molecule has 1 heterocycles. The lowest BCUT2D eigenvalue weighted by Gasteiger charge is -2.04. The van der Waals surface area contributed by atoms with Crippen LogP contribution in [-0.2, 0) is 6.54 Å². The lowest BCUT2D eigenvalue weighted by Crippen LogP contribution is -1.97. The van der Waals surface area contributed by atoms with E-state index in [1.165, 1.54) is 36.1 Å². The Bertz CT molecular complexity index is 486. The van der Waals surface area contributed by atoms with Crippen LogP contribution in [0.2, 0.25) is 0 Å². The van der Waals surface area contributed by atoms with Crippen molar-refractivity contribution < 1.29 is 0 Å². The second-order valence-electron chi connectivity index (χ2n) is 4.89. The normalized spacial score (nSPS) is 16.0. The Hall–Kier alpha value is -1.35. The van der Waals surface area contributed by atoms with Crippen molar-refractivity contribution in [2.75, 3.05) is 5.32 Å². The summed E-state index contributed by atoms with van der Waals surface area (Å²) < 4.78 is 0. The number of hydrogen-bond donors (Lipinski definition) is 1. The third-order valence-electron chi connectivity index (χ3n) is 3.57. The van der Waals surface area contributed by atoms with Gasteiger partial charge in [0.25, 0.3) is 0 Å². The Labute approximate surface area is 112 Å². The lowest BCUT2D eigenvalue weighted by molar-refractivity contribution is 0.736. The summed E-state index contributed by atoms with van der Waals surface area (Å²) in [5.41, 5.74) is 1.30. The maximum Gasteiger partial charge on any atom is 0.183 e. The third kappa shape index (κ3) is 2.72. The Balaban J connectivity index is 1.60. The van der Waals surface area contributed by atoms with E-state index in [0.717, 1.165) is 17.6 Å². The van der Waals surface area contributed by atoms with E-state index < -0.39 is 0 Å². The van der Waals surface area contributed by atoms with Crippen molar-refractivity contribution in [1.29, 1.82) is 0 Å². The highest BCUT2D eigenvalue weighted by atomic mass is 32.1. The van der Waals surface area contributed by atoms with Crippen LogP contribution < -0.4 is 5.32 Å². The average molecular weight is 258 g/mol. The van der Waals surface area contributed by atoms with Gasteiger partial charge in [-0.1, -0.05) is 43.2 Å². The van der Waals surface area contributed by atoms with E-state index in [1.807, 2.05) is 17.4 Å². The number of nitrogens with zero attached hydrogens (tertiary/aromatic N) is 1. The molecule has 0 unspecified atom stereocenters. The van der Waals surface area contributed by atoms with E-state index in [0.29, 0.717) is 0 Å². The third-order valence-corrected chi connectivity index (χ3v) is 4.69. The Morgan fingerprint density at radius 3 is 2.72 bits per heavy atom. The maximum absolute atomic E-state index is 4.48. The molecule has 0 atom stereocenters. The Morgan fingerprint density at radius 1 is 1.17 bits per heavy atom. The van der Waals surface area contributed by atoms with Crippen molar-refractivity contribution in [3.05, 3.63) is 47.0 Å². The van der Waals surface area contributed by atoms with Crippen LogP contribution in [0.3, 0.4) is 0 Å². The van der Waals surface area contributed by atoms with Gasteiger partial charge in [-0.2, -0.15) is 0 Å². The minimum Gasteiger partial charge on any atom is -0.357 e. The van der Waals surface area contributed by atoms with Gasteiger partial charge in [-0.25, -0.2) is 4.98 Å². The first-order valence-electron chi connectivity index (χ1n) is 6.65. The van der Waals surface area contributed by atoms with Gasteiger partial charge in [-0.05, 0) is 24.3 Å². The molecule has 18 heavy (non-hydrogen) atoms. The molecule has 1 aliphatic carbocycles. The highest BCUT2D eigenvalue weighted by Crippen LogP contribution is 2.37. The smallest absolute Gasteiger partial charge is 0.183 e. The molecule has 2 aromatic rings. The van der Waals surface area contributed by atoms with Crippen LogP contribution >= 0.6 is 11.3 Å². The molecular weight excluding hydrogens is 240 g/mol. The van der Waals surface area contributed by atoms with Crippen molar-refractivity contribution in [3.63, 3.8) is 0 Å². The number of rotatable bonds is 4. The zero-order valence-corrected chi connectivity index (χ0v) is 11.2. The van der Waals surface area contributed by atoms with Crippen LogP contribution in [0.5, 0.6) is 0 Å². The van der Waals surface area contributed by atoms with E-state index in [-0.39, 0.29) is 0 Å². The summed E-state index contributed by atoms with van der Waals surface area (Å²) in [5.74, 6) is 0.773. The SMILES string of the molecule is c1ccc(CNc2ncc(C3CCCC3)s2)cc1. The number of benzene rings is 1. The zero-order chi connectivity index (χ0) is 12.2. The van der Waals surface area contributed by atoms with Crippen LogP contribution in [0.4, 0.5) is 5.13 Å². The minimum atomic E-state index is 0.773. The molecule has 1 fully saturated rings. The van der Waals surface area contributed by atoms with E-state index in [4.69, 9.17) is 0 Å². The van der Waals surface area contributed by atoms with Gasteiger partial charge in [0.05, 0.1) is 0 Å². The van der Waals surface area contributed by atoms with Gasteiger partial charge in [0.1, 0.15) is 0 Å². The first-order valence-corrected chi connectivity index (χ1v) is 7.47. The molecule has 94 valence electrons. The highest BCUT2D eigenvalue weighted by molar-refractivity contribution is 7.15. The second kappa shape index (κ2) is 5.53. The number of thiazole rings is 1. The van der Waals surface area contributed by atoms with Crippen LogP contribution in [-0.4, -0.2) is 4.98 Å². The Morgan fingerprint density at radius 2 is 1.94 bits per heavy atom. The fourth-order valence-electron chi connectivity index (χ4n) is 2.54. The Kier molecular flexibility index (Phi) is 3.60. The molecule has 1 aromatic heterocycles. The number of nitrogens with one attached hydrogen (secondary N) is 1. The van der Waals surface area contributed by atoms with E-state index in [9.17, 15) is 0 Å². The molecule has 2 nitrogen and oxygen atoms in total. The van der Waals surface area contributed by atoms with Gasteiger partial charge in [0.15, 0.2) is 5.13 Å². The van der Waals surface area contributed by atoms with Crippen molar-refractivity contribution in [3.8, 4) is 0 Å². The van der Waals surface area contributed by atoms with Crippen molar-refractivity contribution in [1.82, 2.24) is 4.98 Å². The molecular formula is C15H18N2S. The molecule has 0 amide bonds. The molecule has 1 aliphatic rings. The molecule has 3 heteroatoms. The standard InChI is InChI=1S/C15H18N2S/c1-2-6-12(7-3-1)10-16-15-17-11-14(18-15)13-8-4-5-9-13/h1-3,6-7,11,13H,4-5,8-10H2,(H,16,17). The van der Waals surface area contributed by atoms with Crippen LogP contribution in [0, 0.1) is 0 Å². The van der Waals surface area contributed by atoms with Gasteiger partial charge < -0.3 is 5.32 Å². The molecule has 3 rings (SSSR count). The highest BCUT2D eigenvalue weighted by Gasteiger charge is 2.19. The minimum absolute atomic E-state index is 0.773. The molecule has 0 saturated heterocycles. The second-order valence-corrected chi connectivity index (χ2v) is 5.95. The molecule has 1 aromatic carbocycles. The predicted octanol–water partition coefficient (Wildman–Crippen LogP) is 4.41. The molecule has 1 N–H and O–H groups in total. The first-order chi connectivity index (χ1) is 8.92. The summed E-state index contributed by atoms with van der Waals surface area (Å²) in [6.45, 7) is 0.860. The molecule has 1 saturated carbocycles. The van der Waals surface area contributed by atoms with Crippen molar-refractivity contribution in [2.24, 2.45) is 0 Å². The topological polar surface area (TPSA) is 24.9 Å². The zero-order valence-electron chi connectivity index (χ0n) is 10.4. The summed E-state index contributed by atoms with van der Waals surface area (Å²) >= 11 is 1.83. The van der Waals surface area contributed by atoms with Gasteiger partial charge in [-0.15, -0.1) is 11.3 Å². The van der Waals surface area contributed by atoms with Gasteiger partial charge >= 0.3 is 0 Å². The van der Waals surface area contributed by atoms with Crippen molar-refractivity contribution in [2.45, 2.75) is 38.1 Å². The number of anilines is 1. The van der Waals surface area contributed by atoms with Crippen LogP contribution in [0.15, 0.2) is 36.5 Å². The summed E-state index contributed by atoms with van der Waals surface area (Å²) in [7, 11) is 0. The summed E-state index contributed by atoms with van der Waals surface area (Å²) in [6, 6.07) is 10.5.